The van der Waals surface area contributed by atoms with Crippen molar-refractivity contribution in [1.29, 1.82) is 0 Å². The van der Waals surface area contributed by atoms with Crippen LogP contribution in [-0.2, 0) is 4.74 Å². The molecule has 0 spiro atoms. The van der Waals surface area contributed by atoms with E-state index in [2.05, 4.69) is 19.2 Å². The van der Waals surface area contributed by atoms with Gasteiger partial charge in [-0.3, -0.25) is 0 Å². The second kappa shape index (κ2) is 8.26. The van der Waals surface area contributed by atoms with Crippen molar-refractivity contribution in [3.8, 4) is 0 Å². The molecule has 0 amide bonds. The van der Waals surface area contributed by atoms with E-state index in [9.17, 15) is 0 Å². The Bertz CT molecular complexity index is 243. The highest BCUT2D eigenvalue weighted by atomic mass is 16.5. The average Bonchev–Trinajstić information content (AvgIpc) is 3.03. The lowest BCUT2D eigenvalue weighted by atomic mass is 9.83. The number of hydrogen-bond acceptors (Lipinski definition) is 2. The van der Waals surface area contributed by atoms with Gasteiger partial charge in [0.05, 0.1) is 0 Å². The molecule has 0 aromatic rings. The van der Waals surface area contributed by atoms with E-state index in [1.54, 1.807) is 6.42 Å². The summed E-state index contributed by atoms with van der Waals surface area (Å²) in [5.41, 5.74) is 0. The summed E-state index contributed by atoms with van der Waals surface area (Å²) >= 11 is 0. The van der Waals surface area contributed by atoms with E-state index in [0.29, 0.717) is 0 Å². The predicted molar refractivity (Wildman–Crippen MR) is 81.4 cm³/mol. The third-order valence-corrected chi connectivity index (χ3v) is 5.20. The first kappa shape index (κ1) is 15.3. The van der Waals surface area contributed by atoms with Crippen molar-refractivity contribution in [2.45, 2.75) is 71.3 Å². The molecule has 2 bridgehead atoms. The minimum Gasteiger partial charge on any atom is -0.382 e. The van der Waals surface area contributed by atoms with Crippen LogP contribution in [0.2, 0.25) is 0 Å². The van der Waals surface area contributed by atoms with E-state index >= 15 is 0 Å². The molecular weight excluding hydrogens is 234 g/mol. The molecule has 0 saturated heterocycles. The lowest BCUT2D eigenvalue weighted by Crippen LogP contribution is -2.33. The monoisotopic (exact) mass is 267 g/mol. The molecule has 4 atom stereocenters. The van der Waals surface area contributed by atoms with Crippen LogP contribution in [0.3, 0.4) is 0 Å². The molecule has 2 fully saturated rings. The van der Waals surface area contributed by atoms with Crippen LogP contribution >= 0.6 is 0 Å². The van der Waals surface area contributed by atoms with Crippen molar-refractivity contribution in [2.24, 2.45) is 17.8 Å². The van der Waals surface area contributed by atoms with Crippen LogP contribution in [0.25, 0.3) is 0 Å². The highest BCUT2D eigenvalue weighted by Crippen LogP contribution is 2.50. The Morgan fingerprint density at radius 2 is 2.11 bits per heavy atom. The van der Waals surface area contributed by atoms with Crippen molar-refractivity contribution in [1.82, 2.24) is 5.32 Å². The predicted octanol–water partition coefficient (Wildman–Crippen LogP) is 4.00. The van der Waals surface area contributed by atoms with Crippen molar-refractivity contribution < 1.29 is 4.74 Å². The number of rotatable bonds is 10. The standard InChI is InChI=1S/C17H33NO/c1-3-9-18-17(6-5-10-19-4-2)13-16-12-14-7-8-15(16)11-14/h14-18H,3-13H2,1-2H3. The Hall–Kier alpha value is -0.0800. The molecule has 112 valence electrons. The van der Waals surface area contributed by atoms with Gasteiger partial charge in [0.15, 0.2) is 0 Å². The summed E-state index contributed by atoms with van der Waals surface area (Å²) in [4.78, 5) is 0. The van der Waals surface area contributed by atoms with Gasteiger partial charge < -0.3 is 10.1 Å². The fourth-order valence-corrected chi connectivity index (χ4v) is 4.26. The average molecular weight is 267 g/mol. The zero-order chi connectivity index (χ0) is 13.5. The Morgan fingerprint density at radius 3 is 2.74 bits per heavy atom. The van der Waals surface area contributed by atoms with Crippen LogP contribution in [0.1, 0.15) is 65.2 Å². The fraction of sp³-hybridized carbons (Fsp3) is 1.00. The second-order valence-corrected chi connectivity index (χ2v) is 6.66. The zero-order valence-corrected chi connectivity index (χ0v) is 13.0. The number of hydrogen-bond donors (Lipinski definition) is 1. The van der Waals surface area contributed by atoms with Gasteiger partial charge in [-0.05, 0) is 76.2 Å². The van der Waals surface area contributed by atoms with Gasteiger partial charge in [0, 0.05) is 19.3 Å². The largest absolute Gasteiger partial charge is 0.382 e. The molecule has 0 heterocycles. The van der Waals surface area contributed by atoms with Crippen LogP contribution in [0.5, 0.6) is 0 Å². The van der Waals surface area contributed by atoms with Crippen molar-refractivity contribution in [3.05, 3.63) is 0 Å². The van der Waals surface area contributed by atoms with Crippen molar-refractivity contribution in [2.75, 3.05) is 19.8 Å². The molecule has 2 heteroatoms. The maximum absolute atomic E-state index is 5.48. The highest BCUT2D eigenvalue weighted by Gasteiger charge is 2.39. The smallest absolute Gasteiger partial charge is 0.0466 e. The molecule has 2 saturated carbocycles. The lowest BCUT2D eigenvalue weighted by Gasteiger charge is -2.27. The highest BCUT2D eigenvalue weighted by molar-refractivity contribution is 4.91. The Kier molecular flexibility index (Phi) is 6.66. The summed E-state index contributed by atoms with van der Waals surface area (Å²) in [6.07, 6.45) is 11.3. The van der Waals surface area contributed by atoms with E-state index in [-0.39, 0.29) is 0 Å². The molecule has 0 aromatic carbocycles. The van der Waals surface area contributed by atoms with E-state index in [4.69, 9.17) is 4.74 Å². The topological polar surface area (TPSA) is 21.3 Å². The molecule has 0 aromatic heterocycles. The van der Waals surface area contributed by atoms with E-state index in [1.165, 1.54) is 51.5 Å². The van der Waals surface area contributed by atoms with Crippen molar-refractivity contribution >= 4 is 0 Å². The van der Waals surface area contributed by atoms with E-state index < -0.39 is 0 Å². The molecule has 0 aliphatic heterocycles. The Balaban J connectivity index is 1.70. The first-order chi connectivity index (χ1) is 9.33. The van der Waals surface area contributed by atoms with Crippen LogP contribution in [0.4, 0.5) is 0 Å². The van der Waals surface area contributed by atoms with Gasteiger partial charge in [0.1, 0.15) is 0 Å². The summed E-state index contributed by atoms with van der Waals surface area (Å²) in [7, 11) is 0. The Labute approximate surface area is 119 Å². The van der Waals surface area contributed by atoms with Crippen LogP contribution < -0.4 is 5.32 Å². The summed E-state index contributed by atoms with van der Waals surface area (Å²) in [6, 6.07) is 0.741. The molecule has 2 nitrogen and oxygen atoms in total. The normalized spacial score (nSPS) is 30.9. The maximum atomic E-state index is 5.48. The van der Waals surface area contributed by atoms with Gasteiger partial charge in [-0.15, -0.1) is 0 Å². The first-order valence-corrected chi connectivity index (χ1v) is 8.64. The van der Waals surface area contributed by atoms with Gasteiger partial charge in [-0.2, -0.15) is 0 Å². The van der Waals surface area contributed by atoms with Gasteiger partial charge in [-0.25, -0.2) is 0 Å². The van der Waals surface area contributed by atoms with Crippen LogP contribution in [-0.4, -0.2) is 25.8 Å². The molecule has 19 heavy (non-hydrogen) atoms. The number of nitrogens with one attached hydrogen (secondary N) is 1. The van der Waals surface area contributed by atoms with Gasteiger partial charge in [0.25, 0.3) is 0 Å². The summed E-state index contributed by atoms with van der Waals surface area (Å²) in [5, 5.41) is 3.78. The van der Waals surface area contributed by atoms with E-state index in [1.807, 2.05) is 0 Å². The van der Waals surface area contributed by atoms with Gasteiger partial charge in [-0.1, -0.05) is 13.3 Å². The molecular formula is C17H33NO. The fourth-order valence-electron chi connectivity index (χ4n) is 4.26. The zero-order valence-electron chi connectivity index (χ0n) is 13.0. The molecule has 0 radical (unpaired) electrons. The third kappa shape index (κ3) is 4.75. The number of fused-ring (bicyclic) bond motifs is 2. The summed E-state index contributed by atoms with van der Waals surface area (Å²) in [6.45, 7) is 7.33. The minimum atomic E-state index is 0.741. The first-order valence-electron chi connectivity index (χ1n) is 8.64. The molecule has 4 unspecified atom stereocenters. The molecule has 2 aliphatic carbocycles. The lowest BCUT2D eigenvalue weighted by molar-refractivity contribution is 0.138. The van der Waals surface area contributed by atoms with Gasteiger partial charge in [0.2, 0.25) is 0 Å². The number of ether oxygens (including phenoxy) is 1. The van der Waals surface area contributed by atoms with Crippen LogP contribution in [0, 0.1) is 17.8 Å². The molecule has 1 N–H and O–H groups in total. The quantitative estimate of drug-likeness (QED) is 0.604. The minimum absolute atomic E-state index is 0.741. The molecule has 2 aliphatic rings. The summed E-state index contributed by atoms with van der Waals surface area (Å²) in [5.74, 6) is 3.19. The molecule has 2 rings (SSSR count). The van der Waals surface area contributed by atoms with Gasteiger partial charge >= 0.3 is 0 Å². The third-order valence-electron chi connectivity index (χ3n) is 5.20. The SMILES string of the molecule is CCCNC(CCCOCC)CC1CC2CCC1C2. The summed E-state index contributed by atoms with van der Waals surface area (Å²) < 4.78 is 5.48. The van der Waals surface area contributed by atoms with Crippen LogP contribution in [0.15, 0.2) is 0 Å². The maximum Gasteiger partial charge on any atom is 0.0466 e. The Morgan fingerprint density at radius 1 is 1.21 bits per heavy atom. The second-order valence-electron chi connectivity index (χ2n) is 6.66. The van der Waals surface area contributed by atoms with E-state index in [0.717, 1.165) is 37.0 Å². The van der Waals surface area contributed by atoms with Crippen molar-refractivity contribution in [3.63, 3.8) is 0 Å².